The van der Waals surface area contributed by atoms with Gasteiger partial charge in [-0.2, -0.15) is 0 Å². The lowest BCUT2D eigenvalue weighted by atomic mass is 9.33. The first-order valence-corrected chi connectivity index (χ1v) is 32.7. The van der Waals surface area contributed by atoms with Gasteiger partial charge in [0.15, 0.2) is 0 Å². The predicted molar refractivity (Wildman–Crippen MR) is 371 cm³/mol. The monoisotopic (exact) mass is 1140 g/mol. The van der Waals surface area contributed by atoms with Gasteiger partial charge in [-0.25, -0.2) is 0 Å². The van der Waals surface area contributed by atoms with E-state index in [0.717, 1.165) is 59.7 Å². The summed E-state index contributed by atoms with van der Waals surface area (Å²) in [5.41, 5.74) is 30.7. The molecule has 0 spiro atoms. The molecule has 2 unspecified atom stereocenters. The fourth-order valence-corrected chi connectivity index (χ4v) is 18.3. The van der Waals surface area contributed by atoms with E-state index in [0.29, 0.717) is 0 Å². The fraction of sp³-hybridized carbons (Fsp3) is 0.341. The van der Waals surface area contributed by atoms with Crippen LogP contribution in [0.1, 0.15) is 174 Å². The molecule has 0 bridgehead atoms. The maximum absolute atomic E-state index is 6.88. The molecule has 6 aliphatic rings. The van der Waals surface area contributed by atoms with Gasteiger partial charge in [-0.05, 0) is 217 Å². The smallest absolute Gasteiger partial charge is 0.252 e. The van der Waals surface area contributed by atoms with Gasteiger partial charge < -0.3 is 19.1 Å². The Morgan fingerprint density at radius 1 is 0.425 bits per heavy atom. The Balaban J connectivity index is 1.04. The maximum Gasteiger partial charge on any atom is 0.252 e. The second-order valence-electron chi connectivity index (χ2n) is 31.5. The second-order valence-corrected chi connectivity index (χ2v) is 31.5. The topological polar surface area (TPSA) is 22.9 Å². The van der Waals surface area contributed by atoms with E-state index >= 15 is 0 Å². The Morgan fingerprint density at radius 2 is 0.966 bits per heavy atom. The summed E-state index contributed by atoms with van der Waals surface area (Å²) in [6.07, 6.45) is 8.01. The first-order chi connectivity index (χ1) is 41.4. The van der Waals surface area contributed by atoms with E-state index in [9.17, 15) is 0 Å². The van der Waals surface area contributed by atoms with E-state index in [1.54, 1.807) is 0 Å². The van der Waals surface area contributed by atoms with E-state index in [1.165, 1.54) is 130 Å². The number of hydrogen-bond acceptors (Lipinski definition) is 4. The molecule has 3 aliphatic heterocycles. The van der Waals surface area contributed by atoms with Crippen molar-refractivity contribution in [3.05, 3.63) is 209 Å². The largest absolute Gasteiger partial charge is 0.456 e. The molecule has 4 heterocycles. The molecule has 10 aromatic rings. The molecule has 436 valence electrons. The quantitative estimate of drug-likeness (QED) is 0.160. The summed E-state index contributed by atoms with van der Waals surface area (Å²) >= 11 is 0. The van der Waals surface area contributed by atoms with Crippen LogP contribution in [-0.2, 0) is 32.5 Å². The molecular weight excluding hydrogens is 1050 g/mol. The third kappa shape index (κ3) is 7.75. The Kier molecular flexibility index (Phi) is 11.4. The van der Waals surface area contributed by atoms with E-state index in [1.807, 2.05) is 0 Å². The van der Waals surface area contributed by atoms with Crippen molar-refractivity contribution in [1.82, 2.24) is 0 Å². The summed E-state index contributed by atoms with van der Waals surface area (Å²) in [6.45, 7) is 34.5. The van der Waals surface area contributed by atoms with Crippen LogP contribution in [-0.4, -0.2) is 12.3 Å². The van der Waals surface area contributed by atoms with Crippen molar-refractivity contribution in [2.75, 3.05) is 14.7 Å². The number of fused-ring (bicyclic) bond motifs is 12. The molecule has 87 heavy (non-hydrogen) atoms. The lowest BCUT2D eigenvalue weighted by Crippen LogP contribution is -2.62. The molecule has 2 atom stereocenters. The van der Waals surface area contributed by atoms with Gasteiger partial charge in [-0.15, -0.1) is 0 Å². The molecule has 3 aliphatic carbocycles. The highest BCUT2D eigenvalue weighted by Crippen LogP contribution is 2.63. The third-order valence-corrected chi connectivity index (χ3v) is 23.1. The zero-order valence-corrected chi connectivity index (χ0v) is 53.9. The normalized spacial score (nSPS) is 21.5. The number of rotatable bonds is 5. The van der Waals surface area contributed by atoms with Crippen molar-refractivity contribution in [2.24, 2.45) is 0 Å². The van der Waals surface area contributed by atoms with Crippen LogP contribution in [0.2, 0.25) is 0 Å². The lowest BCUT2D eigenvalue weighted by molar-refractivity contribution is 0.195. The summed E-state index contributed by atoms with van der Waals surface area (Å²) in [4.78, 5) is 8.33. The average Bonchev–Trinajstić information content (AvgIpc) is 1.70. The third-order valence-electron chi connectivity index (χ3n) is 23.1. The molecule has 1 saturated carbocycles. The van der Waals surface area contributed by atoms with Crippen molar-refractivity contribution in [1.29, 1.82) is 0 Å². The van der Waals surface area contributed by atoms with E-state index in [2.05, 4.69) is 281 Å². The van der Waals surface area contributed by atoms with Gasteiger partial charge in [0.05, 0.1) is 16.6 Å². The Morgan fingerprint density at radius 3 is 1.62 bits per heavy atom. The van der Waals surface area contributed by atoms with Gasteiger partial charge in [-0.3, -0.25) is 0 Å². The maximum atomic E-state index is 6.88. The first-order valence-electron chi connectivity index (χ1n) is 32.7. The number of nitrogens with zero attached hydrogens (tertiary/aromatic N) is 3. The number of hydrogen-bond donors (Lipinski definition) is 0. The molecule has 0 N–H and O–H groups in total. The summed E-state index contributed by atoms with van der Waals surface area (Å²) in [5, 5.41) is 2.29. The first kappa shape index (κ1) is 54.6. The minimum Gasteiger partial charge on any atom is -0.456 e. The molecule has 1 aromatic heterocycles. The Labute approximate surface area is 517 Å². The van der Waals surface area contributed by atoms with Crippen molar-refractivity contribution < 1.29 is 4.42 Å². The molecule has 0 amide bonds. The number of anilines is 8. The summed E-state index contributed by atoms with van der Waals surface area (Å²) in [7, 11) is 0. The van der Waals surface area contributed by atoms with Gasteiger partial charge in [0, 0.05) is 50.6 Å². The highest BCUT2D eigenvalue weighted by Gasteiger charge is 2.59. The molecule has 16 rings (SSSR count). The van der Waals surface area contributed by atoms with Crippen LogP contribution >= 0.6 is 0 Å². The SMILES string of the molecule is Cc1cc(-c2ccccc2)ccc1N1c2cc3c(cc2B2c4cc5c(cc4N(c4cccc6oc7ccccc7c46)c4cc(N6c7ccc(-c8ccc(C(C)(C)C)cc8)cc7C7(C)CCCCC67C)cc1c42)C(C)(C)CC5(C)C)C(C)(C)CCC3(C)C. The van der Waals surface area contributed by atoms with Crippen LogP contribution in [0, 0.1) is 6.92 Å². The van der Waals surface area contributed by atoms with Crippen molar-refractivity contribution in [2.45, 2.75) is 180 Å². The second kappa shape index (κ2) is 18.2. The van der Waals surface area contributed by atoms with Gasteiger partial charge >= 0.3 is 0 Å². The van der Waals surface area contributed by atoms with Gasteiger partial charge in [0.25, 0.3) is 6.71 Å². The van der Waals surface area contributed by atoms with Crippen LogP contribution in [0.15, 0.2) is 174 Å². The van der Waals surface area contributed by atoms with Gasteiger partial charge in [0.2, 0.25) is 0 Å². The number of aryl methyl sites for hydroxylation is 1. The van der Waals surface area contributed by atoms with E-state index in [4.69, 9.17) is 4.42 Å². The molecule has 9 aromatic carbocycles. The van der Waals surface area contributed by atoms with Crippen LogP contribution in [0.5, 0.6) is 0 Å². The highest BCUT2D eigenvalue weighted by atomic mass is 16.3. The lowest BCUT2D eigenvalue weighted by Gasteiger charge is -2.51. The van der Waals surface area contributed by atoms with E-state index in [-0.39, 0.29) is 44.7 Å². The van der Waals surface area contributed by atoms with E-state index < -0.39 is 0 Å². The zero-order chi connectivity index (χ0) is 60.3. The molecule has 5 heteroatoms. The number of furan rings is 1. The molecule has 4 nitrogen and oxygen atoms in total. The summed E-state index contributed by atoms with van der Waals surface area (Å²) < 4.78 is 6.88. The number of benzene rings is 9. The molecule has 0 saturated heterocycles. The average molecular weight is 1140 g/mol. The summed E-state index contributed by atoms with van der Waals surface area (Å²) in [5.74, 6) is 0. The Bertz CT molecular complexity index is 4550. The van der Waals surface area contributed by atoms with Crippen LogP contribution in [0.4, 0.5) is 45.5 Å². The fourth-order valence-electron chi connectivity index (χ4n) is 18.3. The van der Waals surface area contributed by atoms with Crippen LogP contribution in [0.25, 0.3) is 44.2 Å². The summed E-state index contributed by atoms with van der Waals surface area (Å²) in [6, 6.07) is 66.7. The predicted octanol–water partition coefficient (Wildman–Crippen LogP) is 20.7. The van der Waals surface area contributed by atoms with Crippen LogP contribution < -0.4 is 31.1 Å². The van der Waals surface area contributed by atoms with Crippen molar-refractivity contribution in [3.63, 3.8) is 0 Å². The molecule has 1 fully saturated rings. The Hall–Kier alpha value is -7.76. The van der Waals surface area contributed by atoms with Gasteiger partial charge in [-0.1, -0.05) is 199 Å². The minimum absolute atomic E-state index is 0.00261. The van der Waals surface area contributed by atoms with Gasteiger partial charge in [0.1, 0.15) is 11.2 Å². The highest BCUT2D eigenvalue weighted by molar-refractivity contribution is 7.00. The zero-order valence-electron chi connectivity index (χ0n) is 53.9. The van der Waals surface area contributed by atoms with Crippen molar-refractivity contribution in [3.8, 4) is 22.3 Å². The standard InChI is InChI=1S/C82H84BN3O/c1-50-41-53(51-23-16-15-17-24-51)31-35-65(50)84-68-47-60-58(77(5,6)39-40-78(60,7)8)45-63(68)83-64-46-59-61(80(11,12)49-79(59,9)10)48-69(64)85(67-26-22-28-73-74(67)57-25-18-19-27-72(57)87-73)71-44-56(43-70(84)75(71)83)86-66-36-32-54(52-29-33-55(34-30-52)76(2,3)4)42-62(66)81(13)37-20-21-38-82(81,86)14/h15-19,22-36,41-48H,20-21,37-40,49H2,1-14H3. The minimum atomic E-state index is -0.226. The molecular formula is C82H84BN3O. The molecule has 0 radical (unpaired) electrons. The number of para-hydroxylation sites is 1. The van der Waals surface area contributed by atoms with Crippen LogP contribution in [0.3, 0.4) is 0 Å². The van der Waals surface area contributed by atoms with Crippen molar-refractivity contribution >= 4 is 90.5 Å².